The summed E-state index contributed by atoms with van der Waals surface area (Å²) >= 11 is 5.85. The van der Waals surface area contributed by atoms with Crippen molar-refractivity contribution in [3.8, 4) is 17.5 Å². The Balaban J connectivity index is 1.59. The lowest BCUT2D eigenvalue weighted by Gasteiger charge is -2.05. The first-order valence-corrected chi connectivity index (χ1v) is 11.0. The van der Waals surface area contributed by atoms with Crippen LogP contribution in [-0.2, 0) is 16.4 Å². The average molecular weight is 445 g/mol. The first-order valence-electron chi connectivity index (χ1n) is 8.95. The number of carbonyl (C=O) groups is 1. The molecule has 0 atom stereocenters. The van der Waals surface area contributed by atoms with E-state index in [1.165, 1.54) is 24.3 Å². The van der Waals surface area contributed by atoms with Gasteiger partial charge in [0.2, 0.25) is 11.7 Å². The quantitative estimate of drug-likeness (QED) is 0.527. The highest BCUT2D eigenvalue weighted by Gasteiger charge is 2.16. The number of nitriles is 1. The maximum absolute atomic E-state index is 12.3. The number of nitrogens with one attached hydrogen (secondary N) is 1. The van der Waals surface area contributed by atoms with Gasteiger partial charge in [0.15, 0.2) is 9.84 Å². The van der Waals surface area contributed by atoms with Gasteiger partial charge in [-0.1, -0.05) is 16.8 Å². The SMILES string of the molecule is N#CCCCS(=O)(=O)c1ccc(C(=O)NCc2nc(-c3ccc(Cl)cc3)no2)cc1. The van der Waals surface area contributed by atoms with E-state index in [0.29, 0.717) is 16.4 Å². The van der Waals surface area contributed by atoms with E-state index in [0.717, 1.165) is 5.56 Å². The number of unbranched alkanes of at least 4 members (excludes halogenated alkanes) is 1. The number of rotatable bonds is 8. The van der Waals surface area contributed by atoms with Gasteiger partial charge in [0.05, 0.1) is 23.3 Å². The van der Waals surface area contributed by atoms with Gasteiger partial charge in [0, 0.05) is 22.6 Å². The minimum absolute atomic E-state index is 0.0215. The number of sulfone groups is 1. The summed E-state index contributed by atoms with van der Waals surface area (Å²) in [4.78, 5) is 16.6. The van der Waals surface area contributed by atoms with E-state index in [-0.39, 0.29) is 35.9 Å². The molecule has 0 spiro atoms. The molecule has 0 fully saturated rings. The molecular weight excluding hydrogens is 428 g/mol. The van der Waals surface area contributed by atoms with Crippen molar-refractivity contribution in [1.29, 1.82) is 5.26 Å². The number of hydrogen-bond acceptors (Lipinski definition) is 7. The third-order valence-electron chi connectivity index (χ3n) is 4.15. The normalized spacial score (nSPS) is 11.1. The van der Waals surface area contributed by atoms with E-state index < -0.39 is 15.7 Å². The van der Waals surface area contributed by atoms with Crippen LogP contribution in [-0.4, -0.2) is 30.2 Å². The van der Waals surface area contributed by atoms with Crippen molar-refractivity contribution < 1.29 is 17.7 Å². The Kier molecular flexibility index (Phi) is 6.82. The molecule has 0 bridgehead atoms. The van der Waals surface area contributed by atoms with Crippen LogP contribution in [0.3, 0.4) is 0 Å². The largest absolute Gasteiger partial charge is 0.343 e. The molecule has 0 aliphatic carbocycles. The van der Waals surface area contributed by atoms with Gasteiger partial charge < -0.3 is 9.84 Å². The summed E-state index contributed by atoms with van der Waals surface area (Å²) in [6, 6.07) is 14.5. The number of nitrogens with zero attached hydrogens (tertiary/aromatic N) is 3. The minimum Gasteiger partial charge on any atom is -0.343 e. The standard InChI is InChI=1S/C20H17ClN4O4S/c21-16-7-3-14(4-8-16)19-24-18(29-25-19)13-23-20(26)15-5-9-17(10-6-15)30(27,28)12-2-1-11-22/h3-10H,1-2,12-13H2,(H,23,26). The molecule has 0 aliphatic heterocycles. The number of halogens is 1. The van der Waals surface area contributed by atoms with E-state index in [4.69, 9.17) is 21.4 Å². The number of amides is 1. The van der Waals surface area contributed by atoms with Gasteiger partial charge >= 0.3 is 0 Å². The second-order valence-corrected chi connectivity index (χ2v) is 8.85. The van der Waals surface area contributed by atoms with Gasteiger partial charge in [-0.25, -0.2) is 8.42 Å². The van der Waals surface area contributed by atoms with E-state index in [9.17, 15) is 13.2 Å². The summed E-state index contributed by atoms with van der Waals surface area (Å²) in [7, 11) is -3.48. The zero-order chi connectivity index (χ0) is 21.6. The van der Waals surface area contributed by atoms with Crippen LogP contribution in [0.15, 0.2) is 57.9 Å². The first kappa shape index (κ1) is 21.5. The Bertz CT molecular complexity index is 1170. The average Bonchev–Trinajstić information content (AvgIpc) is 3.22. The Morgan fingerprint density at radius 1 is 1.13 bits per heavy atom. The minimum atomic E-state index is -3.48. The van der Waals surface area contributed by atoms with Crippen molar-refractivity contribution >= 4 is 27.3 Å². The van der Waals surface area contributed by atoms with Crippen LogP contribution < -0.4 is 5.32 Å². The van der Waals surface area contributed by atoms with Crippen molar-refractivity contribution in [3.05, 3.63) is 65.0 Å². The topological polar surface area (TPSA) is 126 Å². The highest BCUT2D eigenvalue weighted by molar-refractivity contribution is 7.91. The second kappa shape index (κ2) is 9.52. The fraction of sp³-hybridized carbons (Fsp3) is 0.200. The molecule has 1 aromatic heterocycles. The van der Waals surface area contributed by atoms with Crippen LogP contribution in [0.5, 0.6) is 0 Å². The second-order valence-electron chi connectivity index (χ2n) is 6.31. The van der Waals surface area contributed by atoms with Gasteiger partial charge in [-0.3, -0.25) is 4.79 Å². The van der Waals surface area contributed by atoms with Gasteiger partial charge in [-0.05, 0) is 55.0 Å². The zero-order valence-electron chi connectivity index (χ0n) is 15.7. The third-order valence-corrected chi connectivity index (χ3v) is 6.22. The maximum Gasteiger partial charge on any atom is 0.251 e. The molecule has 0 unspecified atom stereocenters. The van der Waals surface area contributed by atoms with E-state index in [1.54, 1.807) is 24.3 Å². The lowest BCUT2D eigenvalue weighted by Crippen LogP contribution is -2.23. The molecule has 10 heteroatoms. The molecule has 3 aromatic rings. The summed E-state index contributed by atoms with van der Waals surface area (Å²) in [5.41, 5.74) is 1.02. The summed E-state index contributed by atoms with van der Waals surface area (Å²) in [5.74, 6) is 0.0840. The Hall–Kier alpha value is -3.22. The zero-order valence-corrected chi connectivity index (χ0v) is 17.3. The Morgan fingerprint density at radius 2 is 1.83 bits per heavy atom. The first-order chi connectivity index (χ1) is 14.4. The third kappa shape index (κ3) is 5.43. The molecular formula is C20H17ClN4O4S. The molecule has 1 heterocycles. The summed E-state index contributed by atoms with van der Waals surface area (Å²) in [5, 5.41) is 15.6. The van der Waals surface area contributed by atoms with Crippen molar-refractivity contribution in [1.82, 2.24) is 15.5 Å². The molecule has 1 amide bonds. The highest BCUT2D eigenvalue weighted by atomic mass is 35.5. The summed E-state index contributed by atoms with van der Waals surface area (Å²) in [6.45, 7) is 0.0215. The molecule has 3 rings (SSSR count). The smallest absolute Gasteiger partial charge is 0.251 e. The van der Waals surface area contributed by atoms with Crippen molar-refractivity contribution in [2.45, 2.75) is 24.3 Å². The van der Waals surface area contributed by atoms with Gasteiger partial charge in [0.25, 0.3) is 5.91 Å². The van der Waals surface area contributed by atoms with Gasteiger partial charge in [-0.2, -0.15) is 10.2 Å². The van der Waals surface area contributed by atoms with E-state index >= 15 is 0 Å². The van der Waals surface area contributed by atoms with Gasteiger partial charge in [-0.15, -0.1) is 0 Å². The molecule has 154 valence electrons. The van der Waals surface area contributed by atoms with Crippen LogP contribution in [0.1, 0.15) is 29.1 Å². The van der Waals surface area contributed by atoms with Crippen molar-refractivity contribution in [2.24, 2.45) is 0 Å². The predicted molar refractivity (Wildman–Crippen MR) is 109 cm³/mol. The van der Waals surface area contributed by atoms with Gasteiger partial charge in [0.1, 0.15) is 0 Å². The lowest BCUT2D eigenvalue weighted by atomic mass is 10.2. The van der Waals surface area contributed by atoms with Crippen molar-refractivity contribution in [3.63, 3.8) is 0 Å². The molecule has 0 radical (unpaired) electrons. The molecule has 0 saturated heterocycles. The van der Waals surface area contributed by atoms with Crippen LogP contribution in [0, 0.1) is 11.3 Å². The van der Waals surface area contributed by atoms with Crippen LogP contribution >= 0.6 is 11.6 Å². The summed E-state index contributed by atoms with van der Waals surface area (Å²) in [6.07, 6.45) is 0.443. The number of carbonyl (C=O) groups excluding carboxylic acids is 1. The molecule has 8 nitrogen and oxygen atoms in total. The number of benzene rings is 2. The maximum atomic E-state index is 12.3. The fourth-order valence-electron chi connectivity index (χ4n) is 2.57. The molecule has 30 heavy (non-hydrogen) atoms. The molecule has 1 N–H and O–H groups in total. The number of aromatic nitrogens is 2. The predicted octanol–water partition coefficient (Wildman–Crippen LogP) is 3.40. The van der Waals surface area contributed by atoms with E-state index in [1.807, 2.05) is 6.07 Å². The molecule has 2 aromatic carbocycles. The highest BCUT2D eigenvalue weighted by Crippen LogP contribution is 2.19. The Labute approximate surface area is 178 Å². The fourth-order valence-corrected chi connectivity index (χ4v) is 4.01. The van der Waals surface area contributed by atoms with Crippen LogP contribution in [0.2, 0.25) is 5.02 Å². The monoisotopic (exact) mass is 444 g/mol. The Morgan fingerprint density at radius 3 is 2.50 bits per heavy atom. The lowest BCUT2D eigenvalue weighted by molar-refractivity contribution is 0.0946. The van der Waals surface area contributed by atoms with Crippen LogP contribution in [0.25, 0.3) is 11.4 Å². The number of hydrogen-bond donors (Lipinski definition) is 1. The van der Waals surface area contributed by atoms with E-state index in [2.05, 4.69) is 15.5 Å². The van der Waals surface area contributed by atoms with Crippen LogP contribution in [0.4, 0.5) is 0 Å². The summed E-state index contributed by atoms with van der Waals surface area (Å²) < 4.78 is 29.5. The van der Waals surface area contributed by atoms with Crippen molar-refractivity contribution in [2.75, 3.05) is 5.75 Å². The molecule has 0 aliphatic rings. The molecule has 0 saturated carbocycles.